The van der Waals surface area contributed by atoms with E-state index in [0.717, 1.165) is 19.6 Å². The largest absolute Gasteiger partial charge is 0.492 e. The standard InChI is InChI=1S/C29H33F3N4O6/c1-17(2)41-26(38)20-15-36(16-28(3,4)21-22(20)33-24-23(21)42-27(34-24)29(30,31)32)25(37)18-5-7-19(8-6-18)40-14-11-35-9-12-39-13-10-35/h5-8,15,17,33H,9-14,16H2,1-4H3. The van der Waals surface area contributed by atoms with Crippen LogP contribution in [0.4, 0.5) is 13.2 Å². The highest BCUT2D eigenvalue weighted by Gasteiger charge is 2.43. The van der Waals surface area contributed by atoms with Crippen molar-refractivity contribution in [2.45, 2.75) is 45.4 Å². The van der Waals surface area contributed by atoms with Crippen molar-refractivity contribution in [2.24, 2.45) is 0 Å². The number of benzene rings is 1. The van der Waals surface area contributed by atoms with Crippen molar-refractivity contribution >= 4 is 28.7 Å². The van der Waals surface area contributed by atoms with Gasteiger partial charge in [-0.25, -0.2) is 4.79 Å². The molecule has 5 rings (SSSR count). The summed E-state index contributed by atoms with van der Waals surface area (Å²) < 4.78 is 61.9. The van der Waals surface area contributed by atoms with Gasteiger partial charge in [0, 0.05) is 48.9 Å². The number of carbonyl (C=O) groups is 2. The molecule has 3 aromatic rings. The van der Waals surface area contributed by atoms with Crippen molar-refractivity contribution in [1.29, 1.82) is 0 Å². The zero-order chi connectivity index (χ0) is 30.2. The molecule has 2 aliphatic heterocycles. The summed E-state index contributed by atoms with van der Waals surface area (Å²) in [6, 6.07) is 6.67. The topological polar surface area (TPSA) is 110 Å². The number of carbonyl (C=O) groups excluding carboxylic acids is 2. The number of aromatic amines is 1. The van der Waals surface area contributed by atoms with Crippen LogP contribution < -0.4 is 4.74 Å². The van der Waals surface area contributed by atoms with Crippen LogP contribution in [-0.2, 0) is 25.9 Å². The second kappa shape index (κ2) is 11.4. The lowest BCUT2D eigenvalue weighted by Gasteiger charge is -2.29. The molecule has 0 spiro atoms. The quantitative estimate of drug-likeness (QED) is 0.398. The fraction of sp³-hybridized carbons (Fsp3) is 0.483. The van der Waals surface area contributed by atoms with Gasteiger partial charge in [0.1, 0.15) is 12.4 Å². The third kappa shape index (κ3) is 6.16. The van der Waals surface area contributed by atoms with Crippen molar-refractivity contribution in [2.75, 3.05) is 46.0 Å². The van der Waals surface area contributed by atoms with Gasteiger partial charge in [-0.2, -0.15) is 18.2 Å². The Labute approximate surface area is 240 Å². The molecule has 0 bridgehead atoms. The summed E-state index contributed by atoms with van der Waals surface area (Å²) in [4.78, 5) is 36.9. The minimum Gasteiger partial charge on any atom is -0.492 e. The molecule has 13 heteroatoms. The number of hydrogen-bond donors (Lipinski definition) is 1. The Kier molecular flexibility index (Phi) is 8.08. The summed E-state index contributed by atoms with van der Waals surface area (Å²) in [6.07, 6.45) is -3.91. The van der Waals surface area contributed by atoms with Crippen LogP contribution in [0.2, 0.25) is 0 Å². The molecule has 0 saturated carbocycles. The second-order valence-corrected chi connectivity index (χ2v) is 11.2. The number of fused-ring (bicyclic) bond motifs is 3. The zero-order valence-electron chi connectivity index (χ0n) is 23.8. The summed E-state index contributed by atoms with van der Waals surface area (Å²) in [7, 11) is 0. The van der Waals surface area contributed by atoms with Gasteiger partial charge in [-0.05, 0) is 38.1 Å². The number of H-pyrrole nitrogens is 1. The molecule has 1 aromatic carbocycles. The summed E-state index contributed by atoms with van der Waals surface area (Å²) in [5.41, 5.74) is -0.418. The van der Waals surface area contributed by atoms with E-state index in [9.17, 15) is 22.8 Å². The Morgan fingerprint density at radius 3 is 2.48 bits per heavy atom. The number of morpholine rings is 1. The Hall–Kier alpha value is -3.84. The molecule has 1 saturated heterocycles. The molecule has 1 N–H and O–H groups in total. The van der Waals surface area contributed by atoms with Gasteiger partial charge >= 0.3 is 18.0 Å². The third-order valence-corrected chi connectivity index (χ3v) is 7.09. The number of hydrogen-bond acceptors (Lipinski definition) is 8. The van der Waals surface area contributed by atoms with Gasteiger partial charge in [-0.3, -0.25) is 9.69 Å². The average Bonchev–Trinajstić information content (AvgIpc) is 3.47. The van der Waals surface area contributed by atoms with E-state index in [1.807, 2.05) is 0 Å². The molecule has 226 valence electrons. The van der Waals surface area contributed by atoms with E-state index in [1.165, 1.54) is 11.1 Å². The lowest BCUT2D eigenvalue weighted by molar-refractivity contribution is -0.156. The minimum absolute atomic E-state index is 0.0255. The number of halogens is 3. The van der Waals surface area contributed by atoms with Crippen LogP contribution in [0.25, 0.3) is 16.8 Å². The van der Waals surface area contributed by atoms with Crippen LogP contribution in [0.3, 0.4) is 0 Å². The van der Waals surface area contributed by atoms with Gasteiger partial charge in [-0.1, -0.05) is 13.8 Å². The number of nitrogens with zero attached hydrogens (tertiary/aromatic N) is 3. The first-order valence-electron chi connectivity index (χ1n) is 13.7. The normalized spacial score (nSPS) is 17.6. The number of aromatic nitrogens is 2. The van der Waals surface area contributed by atoms with E-state index in [4.69, 9.17) is 18.6 Å². The van der Waals surface area contributed by atoms with Crippen LogP contribution in [0.1, 0.15) is 55.2 Å². The van der Waals surface area contributed by atoms with Gasteiger partial charge < -0.3 is 28.5 Å². The number of rotatable bonds is 7. The summed E-state index contributed by atoms with van der Waals surface area (Å²) in [6.45, 7) is 11.3. The lowest BCUT2D eigenvalue weighted by Crippen LogP contribution is -2.38. The first kappa shape index (κ1) is 29.6. The second-order valence-electron chi connectivity index (χ2n) is 11.2. The van der Waals surface area contributed by atoms with Crippen LogP contribution in [-0.4, -0.2) is 83.7 Å². The number of oxazole rings is 1. The molecule has 4 heterocycles. The zero-order valence-corrected chi connectivity index (χ0v) is 23.8. The molecule has 0 radical (unpaired) electrons. The number of esters is 1. The molecular formula is C29H33F3N4O6. The molecule has 10 nitrogen and oxygen atoms in total. The van der Waals surface area contributed by atoms with E-state index >= 15 is 0 Å². The van der Waals surface area contributed by atoms with Crippen molar-refractivity contribution < 1.29 is 41.4 Å². The fourth-order valence-corrected chi connectivity index (χ4v) is 5.15. The Morgan fingerprint density at radius 1 is 1.14 bits per heavy atom. The van der Waals surface area contributed by atoms with Crippen LogP contribution in [0, 0.1) is 0 Å². The van der Waals surface area contributed by atoms with Crippen molar-refractivity contribution in [3.8, 4) is 5.75 Å². The van der Waals surface area contributed by atoms with Crippen molar-refractivity contribution in [3.63, 3.8) is 0 Å². The van der Waals surface area contributed by atoms with Crippen LogP contribution in [0.5, 0.6) is 5.75 Å². The SMILES string of the molecule is CC(C)OC(=O)C1=CN(C(=O)c2ccc(OCCN3CCOCC3)cc2)CC(C)(C)c2c1[nH]c1nc(C(F)(F)F)oc21. The maximum atomic E-state index is 13.7. The van der Waals surface area contributed by atoms with Crippen molar-refractivity contribution in [3.05, 3.63) is 53.2 Å². The van der Waals surface area contributed by atoms with E-state index in [2.05, 4.69) is 14.9 Å². The first-order valence-corrected chi connectivity index (χ1v) is 13.7. The third-order valence-electron chi connectivity index (χ3n) is 7.09. The molecule has 2 aromatic heterocycles. The van der Waals surface area contributed by atoms with Crippen molar-refractivity contribution in [1.82, 2.24) is 19.8 Å². The maximum Gasteiger partial charge on any atom is 0.469 e. The highest BCUT2D eigenvalue weighted by Crippen LogP contribution is 2.42. The lowest BCUT2D eigenvalue weighted by atomic mass is 9.83. The van der Waals surface area contributed by atoms with E-state index < -0.39 is 35.5 Å². The molecule has 0 aliphatic carbocycles. The monoisotopic (exact) mass is 590 g/mol. The molecule has 2 aliphatic rings. The van der Waals surface area contributed by atoms with E-state index in [-0.39, 0.29) is 29.0 Å². The maximum absolute atomic E-state index is 13.7. The fourth-order valence-electron chi connectivity index (χ4n) is 5.15. The van der Waals surface area contributed by atoms with Crippen LogP contribution >= 0.6 is 0 Å². The van der Waals surface area contributed by atoms with Gasteiger partial charge in [-0.15, -0.1) is 0 Å². The van der Waals surface area contributed by atoms with E-state index in [1.54, 1.807) is 52.0 Å². The van der Waals surface area contributed by atoms with Gasteiger partial charge in [0.25, 0.3) is 5.91 Å². The Morgan fingerprint density at radius 2 is 1.83 bits per heavy atom. The number of alkyl halides is 3. The molecule has 0 atom stereocenters. The molecule has 1 amide bonds. The first-order chi connectivity index (χ1) is 19.8. The molecule has 42 heavy (non-hydrogen) atoms. The highest BCUT2D eigenvalue weighted by atomic mass is 19.4. The summed E-state index contributed by atoms with van der Waals surface area (Å²) in [5.74, 6) is -1.95. The van der Waals surface area contributed by atoms with Crippen LogP contribution in [0.15, 0.2) is 34.9 Å². The Balaban J connectivity index is 1.42. The van der Waals surface area contributed by atoms with E-state index in [0.29, 0.717) is 36.7 Å². The van der Waals surface area contributed by atoms with Gasteiger partial charge in [0.05, 0.1) is 30.6 Å². The highest BCUT2D eigenvalue weighted by molar-refractivity contribution is 6.18. The number of amides is 1. The summed E-state index contributed by atoms with van der Waals surface area (Å²) >= 11 is 0. The molecule has 0 unspecified atom stereocenters. The number of ether oxygens (including phenoxy) is 3. The average molecular weight is 591 g/mol. The van der Waals surface area contributed by atoms with Gasteiger partial charge in [0.15, 0.2) is 11.2 Å². The Bertz CT molecular complexity index is 1480. The predicted octanol–water partition coefficient (Wildman–Crippen LogP) is 4.61. The predicted molar refractivity (Wildman–Crippen MR) is 146 cm³/mol. The molecule has 1 fully saturated rings. The summed E-state index contributed by atoms with van der Waals surface area (Å²) in [5, 5.41) is 0. The smallest absolute Gasteiger partial charge is 0.469 e. The minimum atomic E-state index is -4.79. The molecular weight excluding hydrogens is 557 g/mol. The van der Waals surface area contributed by atoms with Gasteiger partial charge in [0.2, 0.25) is 0 Å². The number of nitrogens with one attached hydrogen (secondary N) is 1.